The van der Waals surface area contributed by atoms with E-state index in [4.69, 9.17) is 0 Å². The highest BCUT2D eigenvalue weighted by Crippen LogP contribution is 2.28. The van der Waals surface area contributed by atoms with E-state index < -0.39 is 6.36 Å². The van der Waals surface area contributed by atoms with Crippen LogP contribution in [-0.4, -0.2) is 35.0 Å². The standard InChI is InChI=1S/C26H33F3N6O/c27-26(28,29)36-23-9-5-4-6-19(23)16-32-25-33-17-20(14-30)24(35-25)31-15-18-10-12-22(13-11-18)34-21-7-2-1-3-8-21/h4-6,9,17-18,21-22,34H,1-3,7-8,10-13,15-16H2,(H2,31,32,33,35). The van der Waals surface area contributed by atoms with Crippen LogP contribution in [0.15, 0.2) is 30.5 Å². The number of benzene rings is 1. The Morgan fingerprint density at radius 3 is 2.42 bits per heavy atom. The van der Waals surface area contributed by atoms with Gasteiger partial charge >= 0.3 is 6.36 Å². The largest absolute Gasteiger partial charge is 0.573 e. The summed E-state index contributed by atoms with van der Waals surface area (Å²) in [4.78, 5) is 8.54. The van der Waals surface area contributed by atoms with Gasteiger partial charge in [-0.15, -0.1) is 13.2 Å². The molecule has 2 aromatic rings. The van der Waals surface area contributed by atoms with E-state index in [1.165, 1.54) is 56.5 Å². The molecule has 2 aliphatic carbocycles. The van der Waals surface area contributed by atoms with Crippen molar-refractivity contribution in [1.29, 1.82) is 5.26 Å². The highest BCUT2D eigenvalue weighted by atomic mass is 19.4. The van der Waals surface area contributed by atoms with Crippen LogP contribution in [0.3, 0.4) is 0 Å². The van der Waals surface area contributed by atoms with Gasteiger partial charge < -0.3 is 20.7 Å². The highest BCUT2D eigenvalue weighted by Gasteiger charge is 2.32. The van der Waals surface area contributed by atoms with E-state index in [0.29, 0.717) is 41.5 Å². The molecule has 0 unspecified atom stereocenters. The van der Waals surface area contributed by atoms with Gasteiger partial charge in [-0.3, -0.25) is 0 Å². The van der Waals surface area contributed by atoms with Crippen molar-refractivity contribution in [3.8, 4) is 11.8 Å². The van der Waals surface area contributed by atoms with E-state index in [9.17, 15) is 18.4 Å². The molecule has 0 amide bonds. The monoisotopic (exact) mass is 502 g/mol. The molecule has 1 aromatic carbocycles. The summed E-state index contributed by atoms with van der Waals surface area (Å²) < 4.78 is 42.1. The maximum atomic E-state index is 12.7. The summed E-state index contributed by atoms with van der Waals surface area (Å²) in [7, 11) is 0. The van der Waals surface area contributed by atoms with Crippen molar-refractivity contribution >= 4 is 11.8 Å². The molecule has 194 valence electrons. The van der Waals surface area contributed by atoms with Crippen molar-refractivity contribution in [1.82, 2.24) is 15.3 Å². The molecular formula is C26H33F3N6O. The number of hydrogen-bond donors (Lipinski definition) is 3. The number of hydrogen-bond acceptors (Lipinski definition) is 7. The van der Waals surface area contributed by atoms with Crippen LogP contribution in [0.25, 0.3) is 0 Å². The van der Waals surface area contributed by atoms with Gasteiger partial charge in [-0.2, -0.15) is 10.2 Å². The Bertz CT molecular complexity index is 1030. The maximum absolute atomic E-state index is 12.7. The smallest absolute Gasteiger partial charge is 0.405 e. The summed E-state index contributed by atoms with van der Waals surface area (Å²) in [5.41, 5.74) is 0.643. The molecular weight excluding hydrogens is 469 g/mol. The van der Waals surface area contributed by atoms with Crippen molar-refractivity contribution in [3.05, 3.63) is 41.6 Å². The fourth-order valence-corrected chi connectivity index (χ4v) is 5.11. The molecule has 0 spiro atoms. The average molecular weight is 503 g/mol. The Morgan fingerprint density at radius 1 is 0.972 bits per heavy atom. The SMILES string of the molecule is N#Cc1cnc(NCc2ccccc2OC(F)(F)F)nc1NCC1CCC(NC2CCCCC2)CC1. The molecule has 2 aliphatic rings. The lowest BCUT2D eigenvalue weighted by Gasteiger charge is -2.33. The molecule has 10 heteroatoms. The number of rotatable bonds is 9. The second-order valence-corrected chi connectivity index (χ2v) is 9.68. The van der Waals surface area contributed by atoms with E-state index in [1.807, 2.05) is 0 Å². The third-order valence-corrected chi connectivity index (χ3v) is 7.03. The van der Waals surface area contributed by atoms with Crippen LogP contribution in [-0.2, 0) is 6.54 Å². The molecule has 4 rings (SSSR count). The molecule has 0 bridgehead atoms. The lowest BCUT2D eigenvalue weighted by molar-refractivity contribution is -0.274. The van der Waals surface area contributed by atoms with E-state index in [2.05, 4.69) is 36.7 Å². The zero-order chi connectivity index (χ0) is 25.4. The van der Waals surface area contributed by atoms with Gasteiger partial charge in [-0.05, 0) is 50.5 Å². The van der Waals surface area contributed by atoms with Gasteiger partial charge in [-0.1, -0.05) is 37.5 Å². The Balaban J connectivity index is 1.29. The first-order valence-corrected chi connectivity index (χ1v) is 12.7. The van der Waals surface area contributed by atoms with Gasteiger partial charge in [0, 0.05) is 30.7 Å². The Morgan fingerprint density at radius 2 is 1.69 bits per heavy atom. The zero-order valence-corrected chi connectivity index (χ0v) is 20.3. The normalized spacial score (nSPS) is 20.9. The summed E-state index contributed by atoms with van der Waals surface area (Å²) in [6.07, 6.45) is 7.81. The van der Waals surface area contributed by atoms with Crippen LogP contribution in [0.1, 0.15) is 68.9 Å². The first-order chi connectivity index (χ1) is 17.4. The highest BCUT2D eigenvalue weighted by molar-refractivity contribution is 5.53. The molecule has 7 nitrogen and oxygen atoms in total. The molecule has 1 heterocycles. The number of nitriles is 1. The number of halogens is 3. The summed E-state index contributed by atoms with van der Waals surface area (Å²) in [5.74, 6) is 0.868. The molecule has 0 radical (unpaired) electrons. The van der Waals surface area contributed by atoms with Crippen molar-refractivity contribution in [3.63, 3.8) is 0 Å². The van der Waals surface area contributed by atoms with Crippen molar-refractivity contribution in [2.75, 3.05) is 17.2 Å². The van der Waals surface area contributed by atoms with Gasteiger partial charge in [0.1, 0.15) is 23.2 Å². The minimum absolute atomic E-state index is 0.0373. The lowest BCUT2D eigenvalue weighted by Crippen LogP contribution is -2.42. The third-order valence-electron chi connectivity index (χ3n) is 7.03. The fourth-order valence-electron chi connectivity index (χ4n) is 5.11. The number of nitrogens with one attached hydrogen (secondary N) is 3. The van der Waals surface area contributed by atoms with E-state index in [-0.39, 0.29) is 18.2 Å². The summed E-state index contributed by atoms with van der Waals surface area (Å²) in [5, 5.41) is 19.6. The molecule has 36 heavy (non-hydrogen) atoms. The van der Waals surface area contributed by atoms with Gasteiger partial charge in [-0.25, -0.2) is 4.98 Å². The van der Waals surface area contributed by atoms with Gasteiger partial charge in [0.2, 0.25) is 5.95 Å². The van der Waals surface area contributed by atoms with Crippen LogP contribution in [0.5, 0.6) is 5.75 Å². The molecule has 0 aliphatic heterocycles. The molecule has 3 N–H and O–H groups in total. The Hall–Kier alpha value is -3.06. The number of alkyl halides is 3. The predicted octanol–water partition coefficient (Wildman–Crippen LogP) is 5.75. The third kappa shape index (κ3) is 7.72. The topological polar surface area (TPSA) is 94.9 Å². The summed E-state index contributed by atoms with van der Waals surface area (Å²) in [6, 6.07) is 9.28. The quantitative estimate of drug-likeness (QED) is 0.402. The number of aromatic nitrogens is 2. The van der Waals surface area contributed by atoms with Crippen LogP contribution in [0.2, 0.25) is 0 Å². The maximum Gasteiger partial charge on any atom is 0.573 e. The van der Waals surface area contributed by atoms with Crippen LogP contribution < -0.4 is 20.7 Å². The van der Waals surface area contributed by atoms with Gasteiger partial charge in [0.25, 0.3) is 0 Å². The molecule has 2 saturated carbocycles. The molecule has 0 atom stereocenters. The lowest BCUT2D eigenvalue weighted by atomic mass is 9.84. The van der Waals surface area contributed by atoms with Crippen molar-refractivity contribution < 1.29 is 17.9 Å². The fraction of sp³-hybridized carbons (Fsp3) is 0.577. The minimum Gasteiger partial charge on any atom is -0.405 e. The first-order valence-electron chi connectivity index (χ1n) is 12.7. The number of anilines is 2. The number of nitrogens with zero attached hydrogens (tertiary/aromatic N) is 3. The second-order valence-electron chi connectivity index (χ2n) is 9.68. The Labute approximate surface area is 209 Å². The minimum atomic E-state index is -4.77. The first kappa shape index (κ1) is 26.0. The predicted molar refractivity (Wildman–Crippen MR) is 131 cm³/mol. The molecule has 1 aromatic heterocycles. The van der Waals surface area contributed by atoms with E-state index in [1.54, 1.807) is 6.07 Å². The van der Waals surface area contributed by atoms with E-state index >= 15 is 0 Å². The number of para-hydroxylation sites is 1. The number of ether oxygens (including phenoxy) is 1. The zero-order valence-electron chi connectivity index (χ0n) is 20.3. The van der Waals surface area contributed by atoms with Crippen molar-refractivity contribution in [2.24, 2.45) is 5.92 Å². The molecule has 0 saturated heterocycles. The average Bonchev–Trinajstić information content (AvgIpc) is 2.87. The van der Waals surface area contributed by atoms with E-state index in [0.717, 1.165) is 25.7 Å². The van der Waals surface area contributed by atoms with Crippen molar-refractivity contribution in [2.45, 2.75) is 82.8 Å². The molecule has 2 fully saturated rings. The van der Waals surface area contributed by atoms with Crippen LogP contribution >= 0.6 is 0 Å². The summed E-state index contributed by atoms with van der Waals surface area (Å²) in [6.45, 7) is 0.749. The Kier molecular flexibility index (Phi) is 8.86. The van der Waals surface area contributed by atoms with Crippen LogP contribution in [0, 0.1) is 17.2 Å². The second kappa shape index (κ2) is 12.3. The van der Waals surface area contributed by atoms with Gasteiger partial charge in [0.15, 0.2) is 0 Å². The summed E-state index contributed by atoms with van der Waals surface area (Å²) >= 11 is 0. The van der Waals surface area contributed by atoms with Gasteiger partial charge in [0.05, 0.1) is 6.20 Å². The van der Waals surface area contributed by atoms with Crippen LogP contribution in [0.4, 0.5) is 24.9 Å².